The largest absolute Gasteiger partial charge is 0.480 e. The van der Waals surface area contributed by atoms with Gasteiger partial charge in [0.05, 0.1) is 10.8 Å². The lowest BCUT2D eigenvalue weighted by molar-refractivity contribution is -0.142. The number of benzene rings is 3. The van der Waals surface area contributed by atoms with Gasteiger partial charge in [0.15, 0.2) is 0 Å². The van der Waals surface area contributed by atoms with E-state index in [1.54, 1.807) is 30.3 Å². The molecule has 0 radical (unpaired) electrons. The lowest BCUT2D eigenvalue weighted by Gasteiger charge is -2.32. The predicted octanol–water partition coefficient (Wildman–Crippen LogP) is 6.18. The zero-order valence-corrected chi connectivity index (χ0v) is 24.3. The van der Waals surface area contributed by atoms with Gasteiger partial charge in [-0.2, -0.15) is 4.31 Å². The fourth-order valence-electron chi connectivity index (χ4n) is 4.47. The molecule has 0 spiro atoms. The first-order valence-corrected chi connectivity index (χ1v) is 14.9. The molecule has 0 aromatic heterocycles. The lowest BCUT2D eigenvalue weighted by atomic mass is 9.97. The number of nitrogens with one attached hydrogen (secondary N) is 1. The summed E-state index contributed by atoms with van der Waals surface area (Å²) < 4.78 is 27.5. The molecular formula is C27H24Cl4N2O5S. The highest BCUT2D eigenvalue weighted by Gasteiger charge is 2.35. The summed E-state index contributed by atoms with van der Waals surface area (Å²) in [5, 5.41) is 13.7. The monoisotopic (exact) mass is 628 g/mol. The second kappa shape index (κ2) is 12.5. The van der Waals surface area contributed by atoms with Crippen LogP contribution in [-0.4, -0.2) is 48.8 Å². The summed E-state index contributed by atoms with van der Waals surface area (Å²) in [6, 6.07) is 15.2. The van der Waals surface area contributed by atoms with Crippen molar-refractivity contribution in [2.75, 3.05) is 13.1 Å². The van der Waals surface area contributed by atoms with Gasteiger partial charge in [-0.25, -0.2) is 13.2 Å². The third kappa shape index (κ3) is 7.25. The van der Waals surface area contributed by atoms with Crippen molar-refractivity contribution in [2.45, 2.75) is 30.2 Å². The molecule has 39 heavy (non-hydrogen) atoms. The minimum Gasteiger partial charge on any atom is -0.480 e. The number of carboxylic acid groups (broad SMARTS) is 1. The zero-order valence-electron chi connectivity index (χ0n) is 20.4. The van der Waals surface area contributed by atoms with Crippen molar-refractivity contribution in [3.05, 3.63) is 86.3 Å². The molecule has 0 aliphatic carbocycles. The van der Waals surface area contributed by atoms with Gasteiger partial charge in [0.2, 0.25) is 15.9 Å². The number of sulfonamides is 1. The molecule has 1 aliphatic rings. The lowest BCUT2D eigenvalue weighted by Crippen LogP contribution is -2.50. The Kier molecular flexibility index (Phi) is 9.47. The number of amides is 1. The van der Waals surface area contributed by atoms with E-state index in [0.717, 1.165) is 11.1 Å². The number of carboxylic acids is 1. The number of rotatable bonds is 8. The second-order valence-corrected chi connectivity index (χ2v) is 12.9. The molecule has 0 bridgehead atoms. The molecule has 3 aromatic carbocycles. The quantitative estimate of drug-likeness (QED) is 0.310. The summed E-state index contributed by atoms with van der Waals surface area (Å²) in [5.41, 5.74) is 2.32. The van der Waals surface area contributed by atoms with Gasteiger partial charge in [-0.3, -0.25) is 4.79 Å². The number of aliphatic carboxylic acids is 1. The van der Waals surface area contributed by atoms with E-state index >= 15 is 0 Å². The van der Waals surface area contributed by atoms with Gasteiger partial charge in [0, 0.05) is 45.2 Å². The minimum absolute atomic E-state index is 0.0471. The van der Waals surface area contributed by atoms with Crippen LogP contribution in [0.5, 0.6) is 0 Å². The van der Waals surface area contributed by atoms with Crippen LogP contribution in [0.15, 0.2) is 65.6 Å². The van der Waals surface area contributed by atoms with Crippen LogP contribution in [0.3, 0.4) is 0 Å². The van der Waals surface area contributed by atoms with Crippen molar-refractivity contribution >= 4 is 68.3 Å². The van der Waals surface area contributed by atoms with Crippen molar-refractivity contribution in [1.29, 1.82) is 0 Å². The Morgan fingerprint density at radius 3 is 2.23 bits per heavy atom. The highest BCUT2D eigenvalue weighted by molar-refractivity contribution is 7.89. The Bertz CT molecular complexity index is 1480. The Hall–Kier alpha value is -2.33. The third-order valence-corrected chi connectivity index (χ3v) is 9.31. The van der Waals surface area contributed by atoms with Gasteiger partial charge in [-0.05, 0) is 54.3 Å². The summed E-state index contributed by atoms with van der Waals surface area (Å²) in [5.74, 6) is -2.42. The van der Waals surface area contributed by atoms with Crippen LogP contribution in [0.25, 0.3) is 11.1 Å². The maximum Gasteiger partial charge on any atom is 0.326 e. The average Bonchev–Trinajstić information content (AvgIpc) is 2.88. The topological polar surface area (TPSA) is 104 Å². The first-order chi connectivity index (χ1) is 18.4. The number of carbonyl (C=O) groups is 2. The van der Waals surface area contributed by atoms with Gasteiger partial charge in [0.25, 0.3) is 0 Å². The fraction of sp³-hybridized carbons (Fsp3) is 0.259. The van der Waals surface area contributed by atoms with E-state index in [1.807, 2.05) is 12.1 Å². The van der Waals surface area contributed by atoms with E-state index in [9.17, 15) is 23.1 Å². The molecule has 7 nitrogen and oxygen atoms in total. The van der Waals surface area contributed by atoms with Crippen molar-refractivity contribution in [3.8, 4) is 11.1 Å². The predicted molar refractivity (Wildman–Crippen MR) is 153 cm³/mol. The highest BCUT2D eigenvalue weighted by atomic mass is 35.5. The standard InChI is InChI=1S/C27H24Cl4N2O5S/c28-19-7-8-23(24(31)14-19)17-5-3-16(4-6-17)10-25(27(35)36)32-26(34)18-2-1-9-33(15-18)39(37,38)22-12-20(29)11-21(30)13-22/h3-8,11-14,18,25H,1-2,9-10,15H2,(H,32,34)(H,35,36)/t18?,25-/m0/s1. The molecular weight excluding hydrogens is 606 g/mol. The maximum absolute atomic E-state index is 13.2. The van der Waals surface area contributed by atoms with Gasteiger partial charge in [0.1, 0.15) is 6.04 Å². The molecule has 12 heteroatoms. The van der Waals surface area contributed by atoms with Crippen LogP contribution in [-0.2, 0) is 26.0 Å². The number of hydrogen-bond acceptors (Lipinski definition) is 4. The Morgan fingerprint density at radius 1 is 0.949 bits per heavy atom. The molecule has 1 amide bonds. The van der Waals surface area contributed by atoms with E-state index in [2.05, 4.69) is 5.32 Å². The van der Waals surface area contributed by atoms with Crippen LogP contribution < -0.4 is 5.32 Å². The molecule has 2 atom stereocenters. The van der Waals surface area contributed by atoms with E-state index < -0.39 is 33.9 Å². The zero-order chi connectivity index (χ0) is 28.3. The van der Waals surface area contributed by atoms with Crippen LogP contribution in [0, 0.1) is 5.92 Å². The number of nitrogens with zero attached hydrogens (tertiary/aromatic N) is 1. The molecule has 1 saturated heterocycles. The van der Waals surface area contributed by atoms with E-state index in [0.29, 0.717) is 28.5 Å². The Labute approximate surface area is 246 Å². The summed E-state index contributed by atoms with van der Waals surface area (Å²) in [7, 11) is -3.95. The molecule has 1 aliphatic heterocycles. The summed E-state index contributed by atoms with van der Waals surface area (Å²) in [6.07, 6.45) is 0.917. The molecule has 1 fully saturated rings. The van der Waals surface area contributed by atoms with E-state index in [-0.39, 0.29) is 34.5 Å². The average molecular weight is 630 g/mol. The normalized spacial score (nSPS) is 17.0. The van der Waals surface area contributed by atoms with Crippen molar-refractivity contribution in [2.24, 2.45) is 5.92 Å². The third-order valence-electron chi connectivity index (χ3n) is 6.48. The SMILES string of the molecule is O=C(N[C@@H](Cc1ccc(-c2ccc(Cl)cc2Cl)cc1)C(=O)O)C1CCCN(S(=O)(=O)c2cc(Cl)cc(Cl)c2)C1. The first-order valence-electron chi connectivity index (χ1n) is 12.0. The highest BCUT2D eigenvalue weighted by Crippen LogP contribution is 2.31. The number of halogens is 4. The number of piperidine rings is 1. The van der Waals surface area contributed by atoms with Crippen molar-refractivity contribution in [1.82, 2.24) is 9.62 Å². The molecule has 2 N–H and O–H groups in total. The number of carbonyl (C=O) groups excluding carboxylic acids is 1. The molecule has 3 aromatic rings. The minimum atomic E-state index is -3.95. The van der Waals surface area contributed by atoms with Crippen molar-refractivity contribution in [3.63, 3.8) is 0 Å². The van der Waals surface area contributed by atoms with E-state index in [4.69, 9.17) is 46.4 Å². The first kappa shape index (κ1) is 29.6. The van der Waals surface area contributed by atoms with Gasteiger partial charge in [-0.1, -0.05) is 76.7 Å². The Morgan fingerprint density at radius 2 is 1.62 bits per heavy atom. The number of hydrogen-bond donors (Lipinski definition) is 2. The van der Waals surface area contributed by atoms with Gasteiger partial charge in [-0.15, -0.1) is 0 Å². The van der Waals surface area contributed by atoms with Gasteiger partial charge >= 0.3 is 5.97 Å². The maximum atomic E-state index is 13.2. The smallest absolute Gasteiger partial charge is 0.326 e. The molecule has 4 rings (SSSR count). The molecule has 1 heterocycles. The van der Waals surface area contributed by atoms with Crippen LogP contribution in [0.1, 0.15) is 18.4 Å². The van der Waals surface area contributed by atoms with Crippen molar-refractivity contribution < 1.29 is 23.1 Å². The summed E-state index contributed by atoms with van der Waals surface area (Å²) in [6.45, 7) is 0.143. The summed E-state index contributed by atoms with van der Waals surface area (Å²) in [4.78, 5) is 25.0. The molecule has 206 valence electrons. The second-order valence-electron chi connectivity index (χ2n) is 9.23. The summed E-state index contributed by atoms with van der Waals surface area (Å²) >= 11 is 24.2. The molecule has 1 unspecified atom stereocenters. The fourth-order valence-corrected chi connectivity index (χ4v) is 7.24. The molecule has 0 saturated carbocycles. The van der Waals surface area contributed by atoms with Crippen LogP contribution >= 0.6 is 46.4 Å². The van der Waals surface area contributed by atoms with Crippen LogP contribution in [0.2, 0.25) is 20.1 Å². The van der Waals surface area contributed by atoms with E-state index in [1.165, 1.54) is 22.5 Å². The Balaban J connectivity index is 1.43. The van der Waals surface area contributed by atoms with Crippen LogP contribution in [0.4, 0.5) is 0 Å². The van der Waals surface area contributed by atoms with Gasteiger partial charge < -0.3 is 10.4 Å².